The molecule has 2 aliphatic heterocycles. The van der Waals surface area contributed by atoms with Crippen LogP contribution in [0.3, 0.4) is 0 Å². The summed E-state index contributed by atoms with van der Waals surface area (Å²) >= 11 is 0. The van der Waals surface area contributed by atoms with Crippen molar-refractivity contribution < 1.29 is 22.4 Å². The van der Waals surface area contributed by atoms with Gasteiger partial charge in [-0.3, -0.25) is 0 Å². The Morgan fingerprint density at radius 2 is 1.87 bits per heavy atom. The maximum Gasteiger partial charge on any atom is 0.243 e. The maximum atomic E-state index is 13.0. The van der Waals surface area contributed by atoms with Crippen molar-refractivity contribution in [3.63, 3.8) is 0 Å². The monoisotopic (exact) mass is 427 g/mol. The largest absolute Gasteiger partial charge is 0.454 e. The Hall–Kier alpha value is -2.91. The van der Waals surface area contributed by atoms with Crippen LogP contribution >= 0.6 is 0 Å². The van der Waals surface area contributed by atoms with Crippen LogP contribution in [0.2, 0.25) is 0 Å². The third-order valence-corrected chi connectivity index (χ3v) is 7.34. The fourth-order valence-electron chi connectivity index (χ4n) is 3.78. The summed E-state index contributed by atoms with van der Waals surface area (Å²) in [5.74, 6) is 2.08. The molecule has 1 fully saturated rings. The van der Waals surface area contributed by atoms with Crippen LogP contribution in [-0.2, 0) is 10.0 Å². The van der Waals surface area contributed by atoms with Crippen LogP contribution in [0.25, 0.3) is 11.4 Å². The molecule has 156 valence electrons. The maximum absolute atomic E-state index is 13.0. The fraction of sp³-hybridized carbons (Fsp3) is 0.333. The van der Waals surface area contributed by atoms with Crippen molar-refractivity contribution in [3.05, 3.63) is 53.9 Å². The van der Waals surface area contributed by atoms with Crippen molar-refractivity contribution in [1.29, 1.82) is 0 Å². The quantitative estimate of drug-likeness (QED) is 0.630. The van der Waals surface area contributed by atoms with Crippen molar-refractivity contribution in [1.82, 2.24) is 14.4 Å². The standard InChI is InChI=1S/C21H21N3O5S/c1-14-4-7-17(8-5-14)30(25,26)24-10-2-3-16(12-24)21-22-20(23-29-21)15-6-9-18-19(11-15)28-13-27-18/h4-9,11,16H,2-3,10,12-13H2,1H3/t16-/m1/s1. The minimum atomic E-state index is -3.56. The predicted molar refractivity (Wildman–Crippen MR) is 108 cm³/mol. The zero-order chi connectivity index (χ0) is 20.7. The first kappa shape index (κ1) is 19.1. The van der Waals surface area contributed by atoms with Crippen LogP contribution in [0.4, 0.5) is 0 Å². The molecule has 0 radical (unpaired) electrons. The second-order valence-electron chi connectivity index (χ2n) is 7.54. The van der Waals surface area contributed by atoms with Crippen LogP contribution in [0.5, 0.6) is 11.5 Å². The van der Waals surface area contributed by atoms with Crippen molar-refractivity contribution in [2.75, 3.05) is 19.9 Å². The second kappa shape index (κ2) is 7.41. The van der Waals surface area contributed by atoms with Gasteiger partial charge < -0.3 is 14.0 Å². The molecule has 1 aromatic heterocycles. The van der Waals surface area contributed by atoms with E-state index >= 15 is 0 Å². The molecule has 2 aromatic carbocycles. The van der Waals surface area contributed by atoms with Crippen molar-refractivity contribution in [2.45, 2.75) is 30.6 Å². The zero-order valence-corrected chi connectivity index (χ0v) is 17.3. The molecular formula is C21H21N3O5S. The van der Waals surface area contributed by atoms with Crippen LogP contribution in [0.15, 0.2) is 51.9 Å². The smallest absolute Gasteiger partial charge is 0.243 e. The summed E-state index contributed by atoms with van der Waals surface area (Å²) in [7, 11) is -3.56. The van der Waals surface area contributed by atoms with Gasteiger partial charge in [-0.15, -0.1) is 0 Å². The van der Waals surface area contributed by atoms with Gasteiger partial charge in [0.15, 0.2) is 11.5 Å². The molecule has 5 rings (SSSR count). The highest BCUT2D eigenvalue weighted by Gasteiger charge is 2.33. The molecular weight excluding hydrogens is 406 g/mol. The fourth-order valence-corrected chi connectivity index (χ4v) is 5.30. The van der Waals surface area contributed by atoms with E-state index in [0.29, 0.717) is 41.2 Å². The molecule has 3 aromatic rings. The van der Waals surface area contributed by atoms with Gasteiger partial charge in [0.1, 0.15) is 0 Å². The minimum absolute atomic E-state index is 0.144. The molecule has 9 heteroatoms. The molecule has 1 atom stereocenters. The Kier molecular flexibility index (Phi) is 4.71. The van der Waals surface area contributed by atoms with Crippen molar-refractivity contribution in [3.8, 4) is 22.9 Å². The number of piperidine rings is 1. The molecule has 0 spiro atoms. The number of aromatic nitrogens is 2. The van der Waals surface area contributed by atoms with Crippen LogP contribution in [-0.4, -0.2) is 42.7 Å². The number of hydrogen-bond acceptors (Lipinski definition) is 7. The summed E-state index contributed by atoms with van der Waals surface area (Å²) in [6.45, 7) is 2.93. The van der Waals surface area contributed by atoms with E-state index in [4.69, 9.17) is 14.0 Å². The number of ether oxygens (including phenoxy) is 2. The molecule has 0 unspecified atom stereocenters. The van der Waals surface area contributed by atoms with Crippen LogP contribution in [0.1, 0.15) is 30.2 Å². The normalized spacial score (nSPS) is 19.2. The van der Waals surface area contributed by atoms with E-state index in [1.807, 2.05) is 37.3 Å². The highest BCUT2D eigenvalue weighted by atomic mass is 32.2. The summed E-state index contributed by atoms with van der Waals surface area (Å²) in [4.78, 5) is 4.84. The highest BCUT2D eigenvalue weighted by molar-refractivity contribution is 7.89. The summed E-state index contributed by atoms with van der Waals surface area (Å²) in [5.41, 5.74) is 1.78. The molecule has 0 saturated carbocycles. The Bertz CT molecular complexity index is 1170. The number of fused-ring (bicyclic) bond motifs is 1. The van der Waals surface area contributed by atoms with E-state index in [9.17, 15) is 8.42 Å². The Labute approximate surface area is 174 Å². The molecule has 0 bridgehead atoms. The van der Waals surface area contributed by atoms with Gasteiger partial charge in [-0.1, -0.05) is 22.9 Å². The number of sulfonamides is 1. The van der Waals surface area contributed by atoms with E-state index in [0.717, 1.165) is 24.0 Å². The highest BCUT2D eigenvalue weighted by Crippen LogP contribution is 2.36. The van der Waals surface area contributed by atoms with Gasteiger partial charge in [0, 0.05) is 18.7 Å². The topological polar surface area (TPSA) is 94.8 Å². The molecule has 8 nitrogen and oxygen atoms in total. The molecule has 1 saturated heterocycles. The third kappa shape index (κ3) is 3.44. The Morgan fingerprint density at radius 3 is 2.70 bits per heavy atom. The number of hydrogen-bond donors (Lipinski definition) is 0. The lowest BCUT2D eigenvalue weighted by Gasteiger charge is -2.30. The van der Waals surface area contributed by atoms with Gasteiger partial charge in [-0.2, -0.15) is 9.29 Å². The summed E-state index contributed by atoms with van der Waals surface area (Å²) in [6, 6.07) is 12.4. The second-order valence-corrected chi connectivity index (χ2v) is 9.48. The van der Waals surface area contributed by atoms with E-state index < -0.39 is 10.0 Å². The average Bonchev–Trinajstić information content (AvgIpc) is 3.43. The molecule has 0 amide bonds. The Morgan fingerprint density at radius 1 is 1.07 bits per heavy atom. The third-order valence-electron chi connectivity index (χ3n) is 5.46. The van der Waals surface area contributed by atoms with Gasteiger partial charge in [-0.05, 0) is 50.1 Å². The van der Waals surface area contributed by atoms with Crippen LogP contribution in [0, 0.1) is 6.92 Å². The van der Waals surface area contributed by atoms with Gasteiger partial charge in [0.05, 0.1) is 10.8 Å². The molecule has 0 aliphatic carbocycles. The van der Waals surface area contributed by atoms with Gasteiger partial charge in [0.25, 0.3) is 0 Å². The number of rotatable bonds is 4. The zero-order valence-electron chi connectivity index (χ0n) is 16.4. The summed E-state index contributed by atoms with van der Waals surface area (Å²) in [6.07, 6.45) is 1.53. The number of benzene rings is 2. The molecule has 0 N–H and O–H groups in total. The lowest BCUT2D eigenvalue weighted by Crippen LogP contribution is -2.39. The Balaban J connectivity index is 1.36. The van der Waals surface area contributed by atoms with E-state index in [1.165, 1.54) is 4.31 Å². The SMILES string of the molecule is Cc1ccc(S(=O)(=O)N2CCC[C@@H](c3nc(-c4ccc5c(c4)OCO5)no3)C2)cc1. The van der Waals surface area contributed by atoms with Gasteiger partial charge >= 0.3 is 0 Å². The number of nitrogens with zero attached hydrogens (tertiary/aromatic N) is 3. The first-order valence-corrected chi connectivity index (χ1v) is 11.3. The molecule has 3 heterocycles. The molecule has 2 aliphatic rings. The van der Waals surface area contributed by atoms with Crippen LogP contribution < -0.4 is 9.47 Å². The van der Waals surface area contributed by atoms with Crippen molar-refractivity contribution in [2.24, 2.45) is 0 Å². The minimum Gasteiger partial charge on any atom is -0.454 e. The molecule has 30 heavy (non-hydrogen) atoms. The van der Waals surface area contributed by atoms with E-state index in [1.54, 1.807) is 12.1 Å². The lowest BCUT2D eigenvalue weighted by molar-refractivity contribution is 0.174. The van der Waals surface area contributed by atoms with E-state index in [2.05, 4.69) is 10.1 Å². The van der Waals surface area contributed by atoms with E-state index in [-0.39, 0.29) is 12.7 Å². The van der Waals surface area contributed by atoms with Crippen molar-refractivity contribution >= 4 is 10.0 Å². The summed E-state index contributed by atoms with van der Waals surface area (Å²) in [5, 5.41) is 4.09. The predicted octanol–water partition coefficient (Wildman–Crippen LogP) is 3.34. The lowest BCUT2D eigenvalue weighted by atomic mass is 10.00. The number of aryl methyl sites for hydroxylation is 1. The summed E-state index contributed by atoms with van der Waals surface area (Å²) < 4.78 is 43.8. The first-order valence-electron chi connectivity index (χ1n) is 9.81. The van der Waals surface area contributed by atoms with Gasteiger partial charge in [-0.25, -0.2) is 8.42 Å². The first-order chi connectivity index (χ1) is 14.5. The van der Waals surface area contributed by atoms with Gasteiger partial charge in [0.2, 0.25) is 28.5 Å². The average molecular weight is 427 g/mol.